The Balaban J connectivity index is 1.74. The first-order valence-corrected chi connectivity index (χ1v) is 13.7. The molecule has 0 radical (unpaired) electrons. The van der Waals surface area contributed by atoms with Gasteiger partial charge in [-0.25, -0.2) is 4.79 Å². The van der Waals surface area contributed by atoms with Crippen molar-refractivity contribution in [1.82, 2.24) is 10.6 Å². The normalized spacial score (nSPS) is 15.9. The van der Waals surface area contributed by atoms with Crippen LogP contribution < -0.4 is 10.6 Å². The minimum atomic E-state index is -1.11. The number of amides is 2. The van der Waals surface area contributed by atoms with Gasteiger partial charge in [0.05, 0.1) is 12.4 Å². The van der Waals surface area contributed by atoms with Crippen LogP contribution in [0.3, 0.4) is 0 Å². The zero-order chi connectivity index (χ0) is 26.8. The lowest BCUT2D eigenvalue weighted by Crippen LogP contribution is -2.61. The number of esters is 1. The van der Waals surface area contributed by atoms with Crippen LogP contribution in [-0.4, -0.2) is 46.8 Å². The minimum absolute atomic E-state index is 0.137. The molecule has 2 N–H and O–H groups in total. The molecule has 0 aromatic heterocycles. The number of nitrogens with one attached hydrogen (secondary N) is 2. The molecular weight excluding hydrogens is 488 g/mol. The van der Waals surface area contributed by atoms with Crippen molar-refractivity contribution in [3.05, 3.63) is 60.2 Å². The van der Waals surface area contributed by atoms with E-state index < -0.39 is 28.7 Å². The Kier molecular flexibility index (Phi) is 10.3. The summed E-state index contributed by atoms with van der Waals surface area (Å²) in [4.78, 5) is 50.9. The van der Waals surface area contributed by atoms with E-state index in [0.29, 0.717) is 19.3 Å². The van der Waals surface area contributed by atoms with Gasteiger partial charge in [-0.2, -0.15) is 0 Å². The van der Waals surface area contributed by atoms with Gasteiger partial charge in [0.1, 0.15) is 11.6 Å². The standard InChI is InChI=1S/C29H36N2O5S/c1-4-10-25(37-20(2)32)26(33)31-29(17-8-9-18-29)28(35)30-24(27(34)36-3)19-21-13-15-23(16-14-21)22-11-6-5-7-12-22/h5-7,11-16,24-25H,4,8-10,17-19H2,1-3H3,(H,30,35)(H,31,33)/t24-,25-/m0/s1. The number of hydrogen-bond acceptors (Lipinski definition) is 6. The average molecular weight is 525 g/mol. The Morgan fingerprint density at radius 3 is 2.16 bits per heavy atom. The second kappa shape index (κ2) is 13.4. The number of carbonyl (C=O) groups excluding carboxylic acids is 4. The fourth-order valence-corrected chi connectivity index (χ4v) is 5.66. The van der Waals surface area contributed by atoms with Crippen molar-refractivity contribution in [3.8, 4) is 11.1 Å². The van der Waals surface area contributed by atoms with Crippen LogP contribution in [0.2, 0.25) is 0 Å². The topological polar surface area (TPSA) is 102 Å². The van der Waals surface area contributed by atoms with Crippen molar-refractivity contribution in [2.75, 3.05) is 7.11 Å². The monoisotopic (exact) mass is 524 g/mol. The van der Waals surface area contributed by atoms with E-state index in [1.165, 1.54) is 14.0 Å². The lowest BCUT2D eigenvalue weighted by Gasteiger charge is -2.32. The van der Waals surface area contributed by atoms with Crippen molar-refractivity contribution in [1.29, 1.82) is 0 Å². The highest BCUT2D eigenvalue weighted by atomic mass is 32.2. The number of methoxy groups -OCH3 is 1. The maximum Gasteiger partial charge on any atom is 0.328 e. The van der Waals surface area contributed by atoms with Crippen molar-refractivity contribution in [2.45, 2.75) is 75.6 Å². The SMILES string of the molecule is CCC[C@H](SC(C)=O)C(=O)NC1(C(=O)N[C@@H](Cc2ccc(-c3ccccc3)cc2)C(=O)OC)CCCC1. The molecule has 8 heteroatoms. The van der Waals surface area contributed by atoms with Gasteiger partial charge in [0, 0.05) is 13.3 Å². The van der Waals surface area contributed by atoms with Gasteiger partial charge < -0.3 is 15.4 Å². The number of thioether (sulfide) groups is 1. The van der Waals surface area contributed by atoms with E-state index >= 15 is 0 Å². The van der Waals surface area contributed by atoms with Crippen LogP contribution in [-0.2, 0) is 30.3 Å². The summed E-state index contributed by atoms with van der Waals surface area (Å²) in [6.45, 7) is 3.39. The largest absolute Gasteiger partial charge is 0.467 e. The van der Waals surface area contributed by atoms with E-state index in [2.05, 4.69) is 10.6 Å². The summed E-state index contributed by atoms with van der Waals surface area (Å²) in [6.07, 6.45) is 4.08. The second-order valence-corrected chi connectivity index (χ2v) is 10.9. The van der Waals surface area contributed by atoms with Crippen molar-refractivity contribution < 1.29 is 23.9 Å². The van der Waals surface area contributed by atoms with Gasteiger partial charge in [0.15, 0.2) is 5.12 Å². The Bertz CT molecular complexity index is 1080. The summed E-state index contributed by atoms with van der Waals surface area (Å²) in [6, 6.07) is 16.9. The van der Waals surface area contributed by atoms with Gasteiger partial charge >= 0.3 is 5.97 Å². The fourth-order valence-electron chi connectivity index (χ4n) is 4.74. The molecule has 7 nitrogen and oxygen atoms in total. The third kappa shape index (κ3) is 7.68. The molecule has 0 spiro atoms. The predicted molar refractivity (Wildman–Crippen MR) is 146 cm³/mol. The van der Waals surface area contributed by atoms with Gasteiger partial charge in [-0.1, -0.05) is 92.5 Å². The Labute approximate surface area is 223 Å². The summed E-state index contributed by atoms with van der Waals surface area (Å²) in [5, 5.41) is 5.13. The first-order chi connectivity index (χ1) is 17.8. The average Bonchev–Trinajstić information content (AvgIpc) is 3.38. The molecule has 0 saturated heterocycles. The molecule has 1 saturated carbocycles. The summed E-state index contributed by atoms with van der Waals surface area (Å²) in [5.41, 5.74) is 1.92. The molecule has 1 aliphatic carbocycles. The lowest BCUT2D eigenvalue weighted by molar-refractivity contribution is -0.146. The highest BCUT2D eigenvalue weighted by Crippen LogP contribution is 2.31. The molecule has 0 aliphatic heterocycles. The minimum Gasteiger partial charge on any atom is -0.467 e. The maximum absolute atomic E-state index is 13.6. The van der Waals surface area contributed by atoms with Crippen LogP contribution in [0.4, 0.5) is 0 Å². The van der Waals surface area contributed by atoms with E-state index in [9.17, 15) is 19.2 Å². The van der Waals surface area contributed by atoms with E-state index in [-0.39, 0.29) is 17.4 Å². The quantitative estimate of drug-likeness (QED) is 0.422. The van der Waals surface area contributed by atoms with E-state index in [1.54, 1.807) is 0 Å². The Morgan fingerprint density at radius 1 is 0.973 bits per heavy atom. The zero-order valence-electron chi connectivity index (χ0n) is 21.8. The smallest absolute Gasteiger partial charge is 0.328 e. The molecule has 0 bridgehead atoms. The number of carbonyl (C=O) groups is 4. The highest BCUT2D eigenvalue weighted by Gasteiger charge is 2.44. The number of hydrogen-bond donors (Lipinski definition) is 2. The third-order valence-electron chi connectivity index (χ3n) is 6.70. The molecule has 3 rings (SSSR count). The Morgan fingerprint density at radius 2 is 1.59 bits per heavy atom. The first kappa shape index (κ1) is 28.4. The number of ether oxygens (including phenoxy) is 1. The number of benzene rings is 2. The summed E-state index contributed by atoms with van der Waals surface area (Å²) < 4.78 is 4.99. The van der Waals surface area contributed by atoms with Crippen LogP contribution in [0, 0.1) is 0 Å². The molecule has 37 heavy (non-hydrogen) atoms. The predicted octanol–water partition coefficient (Wildman–Crippen LogP) is 4.43. The van der Waals surface area contributed by atoms with Gasteiger partial charge in [-0.05, 0) is 36.0 Å². The summed E-state index contributed by atoms with van der Waals surface area (Å²) in [5.74, 6) is -1.25. The van der Waals surface area contributed by atoms with Gasteiger partial charge in [0.25, 0.3) is 0 Å². The van der Waals surface area contributed by atoms with Crippen LogP contribution in [0.1, 0.15) is 57.9 Å². The molecule has 0 unspecified atom stereocenters. The molecule has 2 amide bonds. The first-order valence-electron chi connectivity index (χ1n) is 12.8. The van der Waals surface area contributed by atoms with Crippen LogP contribution in [0.15, 0.2) is 54.6 Å². The second-order valence-electron chi connectivity index (χ2n) is 9.48. The van der Waals surface area contributed by atoms with Crippen molar-refractivity contribution >= 4 is 34.7 Å². The number of rotatable bonds is 11. The van der Waals surface area contributed by atoms with Gasteiger partial charge in [-0.3, -0.25) is 14.4 Å². The lowest BCUT2D eigenvalue weighted by atomic mass is 9.94. The molecule has 1 fully saturated rings. The van der Waals surface area contributed by atoms with Crippen LogP contribution in [0.25, 0.3) is 11.1 Å². The molecule has 2 aromatic rings. The van der Waals surface area contributed by atoms with E-state index in [4.69, 9.17) is 4.74 Å². The van der Waals surface area contributed by atoms with E-state index in [1.807, 2.05) is 61.5 Å². The molecule has 0 heterocycles. The maximum atomic E-state index is 13.6. The Hall–Kier alpha value is -3.13. The summed E-state index contributed by atoms with van der Waals surface area (Å²) >= 11 is 0.993. The van der Waals surface area contributed by atoms with Crippen molar-refractivity contribution in [2.24, 2.45) is 0 Å². The molecule has 198 valence electrons. The highest BCUT2D eigenvalue weighted by molar-refractivity contribution is 8.14. The molecular formula is C29H36N2O5S. The van der Waals surface area contributed by atoms with Gasteiger partial charge in [0.2, 0.25) is 11.8 Å². The van der Waals surface area contributed by atoms with Gasteiger partial charge in [-0.15, -0.1) is 0 Å². The van der Waals surface area contributed by atoms with Crippen LogP contribution >= 0.6 is 11.8 Å². The summed E-state index contributed by atoms with van der Waals surface area (Å²) in [7, 11) is 1.29. The van der Waals surface area contributed by atoms with Crippen molar-refractivity contribution in [3.63, 3.8) is 0 Å². The van der Waals surface area contributed by atoms with E-state index in [0.717, 1.165) is 47.7 Å². The zero-order valence-corrected chi connectivity index (χ0v) is 22.6. The molecule has 2 aromatic carbocycles. The fraction of sp³-hybridized carbons (Fsp3) is 0.448. The third-order valence-corrected chi connectivity index (χ3v) is 7.76. The molecule has 1 aliphatic rings. The van der Waals surface area contributed by atoms with Crippen LogP contribution in [0.5, 0.6) is 0 Å². The molecule has 2 atom stereocenters.